The van der Waals surface area contributed by atoms with Crippen molar-refractivity contribution in [2.24, 2.45) is 5.41 Å². The molecule has 0 N–H and O–H groups in total. The number of amides is 1. The molecule has 1 fully saturated rings. The molecule has 0 atom stereocenters. The third kappa shape index (κ3) is 2.75. The van der Waals surface area contributed by atoms with Gasteiger partial charge in [0.15, 0.2) is 0 Å². The zero-order chi connectivity index (χ0) is 18.1. The molecule has 1 aliphatic heterocycles. The summed E-state index contributed by atoms with van der Waals surface area (Å²) in [5.41, 5.74) is 1.83. The first-order valence-corrected chi connectivity index (χ1v) is 9.10. The SMILES string of the molecule is Cc1cnnn1Cc1nnn2c1CN(C(=O)C1(C#N)CCCC1)CCC2. The summed E-state index contributed by atoms with van der Waals surface area (Å²) in [5.74, 6) is -0.0324. The molecule has 0 spiro atoms. The number of carbonyl (C=O) groups excluding carboxylic acids is 1. The topological polar surface area (TPSA) is 106 Å². The van der Waals surface area contributed by atoms with Gasteiger partial charge in [0.25, 0.3) is 0 Å². The van der Waals surface area contributed by atoms with Gasteiger partial charge in [0.2, 0.25) is 5.91 Å². The van der Waals surface area contributed by atoms with Crippen LogP contribution in [-0.4, -0.2) is 47.3 Å². The molecule has 1 saturated carbocycles. The zero-order valence-electron chi connectivity index (χ0n) is 14.9. The largest absolute Gasteiger partial charge is 0.335 e. The Balaban J connectivity index is 1.60. The fraction of sp³-hybridized carbons (Fsp3) is 0.647. The molecule has 0 unspecified atom stereocenters. The number of nitriles is 1. The molecule has 1 aliphatic carbocycles. The number of aryl methyl sites for hydroxylation is 2. The van der Waals surface area contributed by atoms with Crippen LogP contribution in [0.25, 0.3) is 0 Å². The highest BCUT2D eigenvalue weighted by molar-refractivity contribution is 5.85. The number of hydrogen-bond donors (Lipinski definition) is 0. The molecule has 136 valence electrons. The van der Waals surface area contributed by atoms with Crippen LogP contribution in [0.2, 0.25) is 0 Å². The minimum Gasteiger partial charge on any atom is -0.335 e. The molecule has 9 heteroatoms. The first kappa shape index (κ1) is 16.7. The van der Waals surface area contributed by atoms with E-state index in [2.05, 4.69) is 26.7 Å². The standard InChI is InChI=1S/C17H22N8O/c1-13-9-19-21-25(13)10-14-15-11-23(7-4-8-24(15)22-20-14)16(26)17(12-18)5-2-3-6-17/h9H,2-8,10-11H2,1H3. The Bertz CT molecular complexity index is 854. The number of hydrogen-bond acceptors (Lipinski definition) is 6. The Morgan fingerprint density at radius 3 is 2.77 bits per heavy atom. The van der Waals surface area contributed by atoms with Gasteiger partial charge in [-0.2, -0.15) is 5.26 Å². The maximum atomic E-state index is 13.1. The van der Waals surface area contributed by atoms with E-state index in [9.17, 15) is 10.1 Å². The molecular formula is C17H22N8O. The first-order valence-electron chi connectivity index (χ1n) is 9.10. The van der Waals surface area contributed by atoms with Crippen molar-refractivity contribution in [3.63, 3.8) is 0 Å². The second-order valence-electron chi connectivity index (χ2n) is 7.22. The Kier molecular flexibility index (Phi) is 4.18. The lowest BCUT2D eigenvalue weighted by atomic mass is 9.86. The van der Waals surface area contributed by atoms with Crippen molar-refractivity contribution < 1.29 is 4.79 Å². The Morgan fingerprint density at radius 2 is 2.08 bits per heavy atom. The highest BCUT2D eigenvalue weighted by atomic mass is 16.2. The maximum Gasteiger partial charge on any atom is 0.243 e. The van der Waals surface area contributed by atoms with E-state index in [1.54, 1.807) is 10.9 Å². The molecule has 9 nitrogen and oxygen atoms in total. The molecule has 2 aromatic rings. The number of rotatable bonds is 3. The lowest BCUT2D eigenvalue weighted by Gasteiger charge is -2.28. The van der Waals surface area contributed by atoms with Gasteiger partial charge >= 0.3 is 0 Å². The van der Waals surface area contributed by atoms with Crippen LogP contribution in [0.3, 0.4) is 0 Å². The van der Waals surface area contributed by atoms with Crippen LogP contribution in [0, 0.1) is 23.7 Å². The predicted molar refractivity (Wildman–Crippen MR) is 90.4 cm³/mol. The fourth-order valence-corrected chi connectivity index (χ4v) is 3.95. The van der Waals surface area contributed by atoms with Crippen molar-refractivity contribution in [3.05, 3.63) is 23.3 Å². The highest BCUT2D eigenvalue weighted by Crippen LogP contribution is 2.39. The quantitative estimate of drug-likeness (QED) is 0.815. The Morgan fingerprint density at radius 1 is 1.27 bits per heavy atom. The van der Waals surface area contributed by atoms with Gasteiger partial charge in [-0.25, -0.2) is 9.36 Å². The maximum absolute atomic E-state index is 13.1. The van der Waals surface area contributed by atoms with Crippen LogP contribution in [0.15, 0.2) is 6.20 Å². The van der Waals surface area contributed by atoms with Gasteiger partial charge in [-0.05, 0) is 26.2 Å². The van der Waals surface area contributed by atoms with E-state index in [1.807, 2.05) is 16.5 Å². The van der Waals surface area contributed by atoms with Gasteiger partial charge in [0.05, 0.1) is 36.7 Å². The minimum atomic E-state index is -0.842. The van der Waals surface area contributed by atoms with Gasteiger partial charge in [-0.1, -0.05) is 23.3 Å². The molecule has 0 aromatic carbocycles. The number of carbonyl (C=O) groups is 1. The molecule has 4 rings (SSSR count). The van der Waals surface area contributed by atoms with Gasteiger partial charge < -0.3 is 4.90 Å². The summed E-state index contributed by atoms with van der Waals surface area (Å²) in [6, 6.07) is 2.32. The third-order valence-electron chi connectivity index (χ3n) is 5.54. The van der Waals surface area contributed by atoms with Gasteiger partial charge in [0.1, 0.15) is 11.1 Å². The van der Waals surface area contributed by atoms with E-state index < -0.39 is 5.41 Å². The summed E-state index contributed by atoms with van der Waals surface area (Å²) in [5, 5.41) is 26.2. The van der Waals surface area contributed by atoms with Crippen molar-refractivity contribution in [2.45, 2.75) is 58.7 Å². The summed E-state index contributed by atoms with van der Waals surface area (Å²) in [7, 11) is 0. The monoisotopic (exact) mass is 354 g/mol. The van der Waals surface area contributed by atoms with Crippen molar-refractivity contribution in [2.75, 3.05) is 6.54 Å². The van der Waals surface area contributed by atoms with E-state index in [0.717, 1.165) is 42.9 Å². The van der Waals surface area contributed by atoms with E-state index in [4.69, 9.17) is 0 Å². The molecule has 0 radical (unpaired) electrons. The molecule has 2 aromatic heterocycles. The van der Waals surface area contributed by atoms with Gasteiger partial charge in [-0.3, -0.25) is 4.79 Å². The molecular weight excluding hydrogens is 332 g/mol. The number of fused-ring (bicyclic) bond motifs is 1. The van der Waals surface area contributed by atoms with Crippen LogP contribution < -0.4 is 0 Å². The van der Waals surface area contributed by atoms with Crippen LogP contribution in [0.4, 0.5) is 0 Å². The van der Waals surface area contributed by atoms with Crippen molar-refractivity contribution >= 4 is 5.91 Å². The van der Waals surface area contributed by atoms with Crippen molar-refractivity contribution in [1.29, 1.82) is 5.26 Å². The van der Waals surface area contributed by atoms with Gasteiger partial charge in [0, 0.05) is 13.1 Å². The van der Waals surface area contributed by atoms with E-state index in [-0.39, 0.29) is 5.91 Å². The fourth-order valence-electron chi connectivity index (χ4n) is 3.95. The normalized spacial score (nSPS) is 19.0. The van der Waals surface area contributed by atoms with E-state index in [0.29, 0.717) is 32.5 Å². The second-order valence-corrected chi connectivity index (χ2v) is 7.22. The van der Waals surface area contributed by atoms with Crippen LogP contribution in [0.5, 0.6) is 0 Å². The average molecular weight is 354 g/mol. The van der Waals surface area contributed by atoms with Crippen LogP contribution >= 0.6 is 0 Å². The first-order chi connectivity index (χ1) is 12.6. The molecule has 1 amide bonds. The number of aromatic nitrogens is 6. The summed E-state index contributed by atoms with van der Waals surface area (Å²) in [6.45, 7) is 4.23. The molecule has 3 heterocycles. The van der Waals surface area contributed by atoms with E-state index >= 15 is 0 Å². The smallest absolute Gasteiger partial charge is 0.243 e. The zero-order valence-corrected chi connectivity index (χ0v) is 14.9. The third-order valence-corrected chi connectivity index (χ3v) is 5.54. The molecule has 26 heavy (non-hydrogen) atoms. The predicted octanol–water partition coefficient (Wildman–Crippen LogP) is 1.04. The summed E-state index contributed by atoms with van der Waals surface area (Å²) in [4.78, 5) is 15.0. The Labute approximate surface area is 151 Å². The van der Waals surface area contributed by atoms with Gasteiger partial charge in [-0.15, -0.1) is 10.2 Å². The Hall–Kier alpha value is -2.76. The lowest BCUT2D eigenvalue weighted by Crippen LogP contribution is -2.42. The summed E-state index contributed by atoms with van der Waals surface area (Å²) >= 11 is 0. The van der Waals surface area contributed by atoms with E-state index in [1.165, 1.54) is 0 Å². The second kappa shape index (κ2) is 6.52. The molecule has 0 bridgehead atoms. The molecule has 0 saturated heterocycles. The minimum absolute atomic E-state index is 0.0324. The van der Waals surface area contributed by atoms with Crippen LogP contribution in [-0.2, 0) is 24.4 Å². The van der Waals surface area contributed by atoms with Crippen molar-refractivity contribution in [3.8, 4) is 6.07 Å². The van der Waals surface area contributed by atoms with Crippen molar-refractivity contribution in [1.82, 2.24) is 34.9 Å². The van der Waals surface area contributed by atoms with Crippen LogP contribution in [0.1, 0.15) is 49.2 Å². The highest BCUT2D eigenvalue weighted by Gasteiger charge is 2.44. The lowest BCUT2D eigenvalue weighted by molar-refractivity contribution is -0.139. The summed E-state index contributed by atoms with van der Waals surface area (Å²) < 4.78 is 3.65. The number of nitrogens with zero attached hydrogens (tertiary/aromatic N) is 8. The summed E-state index contributed by atoms with van der Waals surface area (Å²) in [6.07, 6.45) is 5.75. The average Bonchev–Trinajstić information content (AvgIpc) is 3.34. The molecule has 2 aliphatic rings.